The molecule has 0 amide bonds. The maximum atomic E-state index is 9.57. The van der Waals surface area contributed by atoms with Gasteiger partial charge in [0.05, 0.1) is 0 Å². The third-order valence-electron chi connectivity index (χ3n) is 3.73. The third kappa shape index (κ3) is 3.59. The monoisotopic (exact) mass is 360 g/mol. The molecule has 0 aromatic heterocycles. The van der Waals surface area contributed by atoms with Gasteiger partial charge in [-0.1, -0.05) is 54.6 Å². The van der Waals surface area contributed by atoms with Crippen LogP contribution in [0.5, 0.6) is 5.75 Å². The number of fused-ring (bicyclic) bond motifs is 5. The maximum Gasteiger partial charge on any atom is 0.353 e. The lowest BCUT2D eigenvalue weighted by Gasteiger charge is -2.07. The van der Waals surface area contributed by atoms with Gasteiger partial charge in [0.2, 0.25) is 0 Å². The summed E-state index contributed by atoms with van der Waals surface area (Å²) in [5.41, 5.74) is 0. The molecule has 0 aliphatic heterocycles. The van der Waals surface area contributed by atoms with Crippen molar-refractivity contribution >= 4 is 52.3 Å². The molecule has 0 aliphatic carbocycles. The van der Waals surface area contributed by atoms with Crippen molar-refractivity contribution in [2.75, 3.05) is 0 Å². The zero-order valence-electron chi connectivity index (χ0n) is 12.3. The lowest BCUT2D eigenvalue weighted by molar-refractivity contribution is 0.476. The van der Waals surface area contributed by atoms with Gasteiger partial charge >= 0.3 is 9.33 Å². The fraction of sp³-hybridized carbons (Fsp3) is 0. The van der Waals surface area contributed by atoms with Gasteiger partial charge in [0.15, 0.2) is 0 Å². The van der Waals surface area contributed by atoms with Crippen molar-refractivity contribution < 1.29 is 18.1 Å². The van der Waals surface area contributed by atoms with Gasteiger partial charge in [-0.3, -0.25) is 4.55 Å². The number of phenolic OH excluding ortho intramolecular Hbond substituents is 1. The first-order chi connectivity index (χ1) is 11.3. The Bertz CT molecular complexity index is 1150. The van der Waals surface area contributed by atoms with E-state index in [1.807, 2.05) is 12.1 Å². The van der Waals surface area contributed by atoms with Gasteiger partial charge in [-0.15, -0.1) is 0 Å². The largest absolute Gasteiger partial charge is 0.508 e. The average molecular weight is 361 g/mol. The molecule has 0 spiro atoms. The minimum atomic E-state index is -4.19. The van der Waals surface area contributed by atoms with Crippen molar-refractivity contribution in [3.05, 3.63) is 66.7 Å². The van der Waals surface area contributed by atoms with E-state index in [-0.39, 0.29) is 0 Å². The molecule has 24 heavy (non-hydrogen) atoms. The fourth-order valence-corrected chi connectivity index (χ4v) is 2.82. The van der Waals surface area contributed by atoms with Crippen LogP contribution in [0.2, 0.25) is 0 Å². The highest BCUT2D eigenvalue weighted by Gasteiger charge is 2.04. The smallest absolute Gasteiger partial charge is 0.353 e. The van der Waals surface area contributed by atoms with Crippen molar-refractivity contribution in [3.63, 3.8) is 0 Å². The van der Waals surface area contributed by atoms with E-state index in [9.17, 15) is 5.11 Å². The highest BCUT2D eigenvalue weighted by molar-refractivity contribution is 8.09. The third-order valence-corrected chi connectivity index (χ3v) is 3.73. The molecule has 0 atom stereocenters. The van der Waals surface area contributed by atoms with Gasteiger partial charge in [-0.05, 0) is 44.5 Å². The van der Waals surface area contributed by atoms with Crippen LogP contribution in [0.25, 0.3) is 32.3 Å². The molecule has 0 saturated heterocycles. The highest BCUT2D eigenvalue weighted by Crippen LogP contribution is 2.32. The van der Waals surface area contributed by atoms with Crippen LogP contribution in [0.15, 0.2) is 66.7 Å². The number of halogens is 1. The number of hydrogen-bond acceptors (Lipinski definition) is 3. The number of hydrogen-bond donors (Lipinski definition) is 2. The SMILES string of the molecule is O=S(=O)(O)Cl.Oc1ccc2c(ccc3c4ccccc4ccc23)c1. The van der Waals surface area contributed by atoms with Gasteiger partial charge in [0, 0.05) is 10.7 Å². The number of phenols is 1. The summed E-state index contributed by atoms with van der Waals surface area (Å²) < 4.78 is 25.2. The van der Waals surface area contributed by atoms with Gasteiger partial charge in [0.1, 0.15) is 5.75 Å². The molecule has 0 bridgehead atoms. The molecule has 0 radical (unpaired) electrons. The molecule has 122 valence electrons. The van der Waals surface area contributed by atoms with E-state index in [1.165, 1.54) is 26.9 Å². The van der Waals surface area contributed by atoms with E-state index in [4.69, 9.17) is 13.0 Å². The molecule has 4 aromatic rings. The van der Waals surface area contributed by atoms with Crippen LogP contribution in [0.3, 0.4) is 0 Å². The zero-order valence-corrected chi connectivity index (χ0v) is 13.9. The van der Waals surface area contributed by atoms with Gasteiger partial charge in [-0.2, -0.15) is 8.42 Å². The van der Waals surface area contributed by atoms with E-state index in [0.29, 0.717) is 5.75 Å². The number of rotatable bonds is 0. The predicted octanol–water partition coefficient (Wildman–Crippen LogP) is 4.88. The van der Waals surface area contributed by atoms with E-state index >= 15 is 0 Å². The van der Waals surface area contributed by atoms with Crippen molar-refractivity contribution in [3.8, 4) is 5.75 Å². The first-order valence-corrected chi connectivity index (χ1v) is 9.30. The van der Waals surface area contributed by atoms with E-state index in [2.05, 4.69) is 59.2 Å². The summed E-state index contributed by atoms with van der Waals surface area (Å²) in [7, 11) is -0.137. The van der Waals surface area contributed by atoms with Crippen LogP contribution < -0.4 is 0 Å². The Balaban J connectivity index is 0.000000300. The van der Waals surface area contributed by atoms with Crippen LogP contribution in [0.1, 0.15) is 0 Å². The lowest BCUT2D eigenvalue weighted by Crippen LogP contribution is -1.80. The molecule has 0 fully saturated rings. The van der Waals surface area contributed by atoms with Crippen LogP contribution in [-0.2, 0) is 9.33 Å². The van der Waals surface area contributed by atoms with E-state index in [0.717, 1.165) is 5.39 Å². The van der Waals surface area contributed by atoms with Crippen LogP contribution in [0.4, 0.5) is 0 Å². The standard InChI is InChI=1S/C18H12O.ClHO3S/c19-14-7-10-16-13(11-14)6-9-17-15-4-2-1-3-12(15)5-8-18(16)17;1-5(2,3)4/h1-11,19H;(H,2,3,4). The van der Waals surface area contributed by atoms with E-state index < -0.39 is 9.33 Å². The number of aromatic hydroxyl groups is 1. The molecule has 0 saturated carbocycles. The molecule has 0 heterocycles. The van der Waals surface area contributed by atoms with Crippen molar-refractivity contribution in [2.24, 2.45) is 0 Å². The second-order valence-electron chi connectivity index (χ2n) is 5.26. The molecule has 4 aromatic carbocycles. The lowest BCUT2D eigenvalue weighted by atomic mass is 9.97. The van der Waals surface area contributed by atoms with Crippen molar-refractivity contribution in [1.82, 2.24) is 0 Å². The Morgan fingerprint density at radius 1 is 0.708 bits per heavy atom. The average Bonchev–Trinajstić information content (AvgIpc) is 2.52. The molecule has 0 unspecified atom stereocenters. The Kier molecular flexibility index (Phi) is 4.32. The molecule has 4 rings (SSSR count). The van der Waals surface area contributed by atoms with Gasteiger partial charge < -0.3 is 5.11 Å². The second-order valence-corrected chi connectivity index (χ2v) is 7.26. The summed E-state index contributed by atoms with van der Waals surface area (Å²) >= 11 is 0. The topological polar surface area (TPSA) is 74.6 Å². The number of benzene rings is 4. The predicted molar refractivity (Wildman–Crippen MR) is 98.0 cm³/mol. The molecule has 4 nitrogen and oxygen atoms in total. The highest BCUT2D eigenvalue weighted by atomic mass is 35.7. The molecular formula is C18H13ClO4S. The molecule has 2 N–H and O–H groups in total. The van der Waals surface area contributed by atoms with Crippen molar-refractivity contribution in [1.29, 1.82) is 0 Å². The van der Waals surface area contributed by atoms with Gasteiger partial charge in [0.25, 0.3) is 0 Å². The zero-order chi connectivity index (χ0) is 17.3. The van der Waals surface area contributed by atoms with Crippen LogP contribution in [0, 0.1) is 0 Å². The first-order valence-electron chi connectivity index (χ1n) is 7.03. The molecule has 6 heteroatoms. The Hall–Kier alpha value is -2.34. The summed E-state index contributed by atoms with van der Waals surface area (Å²) in [6, 6.07) is 22.5. The second kappa shape index (κ2) is 6.28. The van der Waals surface area contributed by atoms with Gasteiger partial charge in [-0.25, -0.2) is 0 Å². The normalized spacial score (nSPS) is 11.4. The van der Waals surface area contributed by atoms with Crippen LogP contribution >= 0.6 is 10.7 Å². The minimum Gasteiger partial charge on any atom is -0.508 e. The summed E-state index contributed by atoms with van der Waals surface area (Å²) in [6.07, 6.45) is 0. The first kappa shape index (κ1) is 16.5. The summed E-state index contributed by atoms with van der Waals surface area (Å²) in [4.78, 5) is 0. The Labute approximate surface area is 143 Å². The minimum absolute atomic E-state index is 0.313. The fourth-order valence-electron chi connectivity index (χ4n) is 2.82. The molecular weight excluding hydrogens is 348 g/mol. The van der Waals surface area contributed by atoms with E-state index in [1.54, 1.807) is 6.07 Å². The summed E-state index contributed by atoms with van der Waals surface area (Å²) in [5.74, 6) is 0.313. The van der Waals surface area contributed by atoms with Crippen LogP contribution in [-0.4, -0.2) is 18.1 Å². The molecule has 0 aliphatic rings. The maximum absolute atomic E-state index is 9.57. The quantitative estimate of drug-likeness (QED) is 0.266. The summed E-state index contributed by atoms with van der Waals surface area (Å²) in [6.45, 7) is 0. The Morgan fingerprint density at radius 2 is 1.21 bits per heavy atom. The van der Waals surface area contributed by atoms with Crippen molar-refractivity contribution in [2.45, 2.75) is 0 Å². The Morgan fingerprint density at radius 3 is 1.88 bits per heavy atom. The summed E-state index contributed by atoms with van der Waals surface area (Å²) in [5, 5.41) is 16.9.